The Bertz CT molecular complexity index is 4280. The Morgan fingerprint density at radius 1 is 0.273 bits per heavy atom. The van der Waals surface area contributed by atoms with Crippen LogP contribution in [0, 0.1) is 23.7 Å². The zero-order chi connectivity index (χ0) is 107. The van der Waals surface area contributed by atoms with Gasteiger partial charge in [0.25, 0.3) is 0 Å². The van der Waals surface area contributed by atoms with Gasteiger partial charge in [0.05, 0.1) is 19.5 Å². The molecule has 37 N–H and O–H groups in total. The average molecular weight is 2020 g/mol. The number of carboxylic acid groups (broad SMARTS) is 1. The molecule has 46 heteroatoms. The molecule has 0 aliphatic heterocycles. The molecule has 2 aromatic carbocycles. The first-order chi connectivity index (χ1) is 68.1. The van der Waals surface area contributed by atoms with Crippen molar-refractivity contribution in [3.05, 3.63) is 71.8 Å². The quantitative estimate of drug-likeness (QED) is 0.0282. The van der Waals surface area contributed by atoms with Gasteiger partial charge in [-0.05, 0) is 235 Å². The van der Waals surface area contributed by atoms with E-state index < -0.39 is 247 Å². The lowest BCUT2D eigenvalue weighted by molar-refractivity contribution is -0.143. The van der Waals surface area contributed by atoms with Crippen LogP contribution in [0.4, 0.5) is 0 Å². The molecule has 46 nitrogen and oxygen atoms in total. The highest BCUT2D eigenvalue weighted by atomic mass is 16.4. The largest absolute Gasteiger partial charge is 0.480 e. The molecule has 0 radical (unpaired) electrons. The van der Waals surface area contributed by atoms with Gasteiger partial charge in [-0.1, -0.05) is 129 Å². The van der Waals surface area contributed by atoms with E-state index >= 15 is 4.79 Å². The Morgan fingerprint density at radius 3 is 0.825 bits per heavy atom. The first kappa shape index (κ1) is 127. The van der Waals surface area contributed by atoms with E-state index in [2.05, 4.69) is 85.1 Å². The molecule has 0 aliphatic rings. The second-order valence-corrected chi connectivity index (χ2v) is 37.2. The molecule has 0 saturated heterocycles. The molecule has 143 heavy (non-hydrogen) atoms. The van der Waals surface area contributed by atoms with Crippen LogP contribution in [-0.4, -0.2) is 267 Å². The van der Waals surface area contributed by atoms with Crippen LogP contribution >= 0.6 is 0 Å². The van der Waals surface area contributed by atoms with Gasteiger partial charge in [-0.15, -0.1) is 0 Å². The summed E-state index contributed by atoms with van der Waals surface area (Å²) in [7, 11) is 0. The van der Waals surface area contributed by atoms with Gasteiger partial charge in [-0.2, -0.15) is 0 Å². The molecule has 18 amide bonds. The molecule has 0 saturated carbocycles. The molecule has 2 rings (SSSR count). The van der Waals surface area contributed by atoms with E-state index in [0.717, 1.165) is 0 Å². The van der Waals surface area contributed by atoms with Crippen molar-refractivity contribution in [2.24, 2.45) is 81.0 Å². The summed E-state index contributed by atoms with van der Waals surface area (Å²) in [6, 6.07) is -4.83. The summed E-state index contributed by atoms with van der Waals surface area (Å²) in [5.41, 5.74) is 58.7. The van der Waals surface area contributed by atoms with Crippen molar-refractivity contribution in [2.45, 2.75) is 339 Å². The monoisotopic (exact) mass is 2020 g/mol. The average Bonchev–Trinajstić information content (AvgIpc) is 0.835. The second-order valence-electron chi connectivity index (χ2n) is 37.2. The lowest BCUT2D eigenvalue weighted by atomic mass is 9.96. The Hall–Kier alpha value is -12.0. The number of rotatable bonds is 78. The van der Waals surface area contributed by atoms with Crippen molar-refractivity contribution < 1.29 is 96.2 Å². The third kappa shape index (κ3) is 51.7. The summed E-state index contributed by atoms with van der Waals surface area (Å²) in [6.07, 6.45) is 3.65. The van der Waals surface area contributed by atoms with Crippen LogP contribution in [0.15, 0.2) is 60.7 Å². The first-order valence-corrected chi connectivity index (χ1v) is 50.4. The van der Waals surface area contributed by atoms with Gasteiger partial charge >= 0.3 is 5.97 Å². The number of unbranched alkanes of at least 4 members (excludes halogenated alkanes) is 7. The maximum atomic E-state index is 15.1. The minimum Gasteiger partial charge on any atom is -0.480 e. The highest BCUT2D eigenvalue weighted by Gasteiger charge is 2.41. The molecule has 0 spiro atoms. The topological polar surface area (TPSA) is 797 Å². The molecule has 806 valence electrons. The smallest absolute Gasteiger partial charge is 0.326 e. The number of primary amides is 2. The minimum absolute atomic E-state index is 0.0000984. The molecule has 0 aromatic heterocycles. The molecular formula is C97H168N26O20. The number of carboxylic acids is 1. The number of benzene rings is 2. The summed E-state index contributed by atoms with van der Waals surface area (Å²) in [5.74, 6) is -18.9. The van der Waals surface area contributed by atoms with E-state index in [1.54, 1.807) is 102 Å². The molecule has 0 bridgehead atoms. The fraction of sp³-hybridized carbons (Fsp3) is 0.680. The maximum absolute atomic E-state index is 15.1. The second kappa shape index (κ2) is 72.3. The van der Waals surface area contributed by atoms with E-state index in [-0.39, 0.29) is 141 Å². The number of nitrogens with one attached hydrogen (secondary N) is 16. The summed E-state index contributed by atoms with van der Waals surface area (Å²) in [5, 5.41) is 52.5. The Kier molecular flexibility index (Phi) is 64.3. The number of carbonyl (C=O) groups is 19. The van der Waals surface area contributed by atoms with Crippen molar-refractivity contribution in [1.29, 1.82) is 0 Å². The van der Waals surface area contributed by atoms with Crippen LogP contribution in [0.25, 0.3) is 0 Å². The molecular weight excluding hydrogens is 1850 g/mol. The summed E-state index contributed by atoms with van der Waals surface area (Å²) >= 11 is 0. The van der Waals surface area contributed by atoms with Crippen molar-refractivity contribution in [3.63, 3.8) is 0 Å². The lowest BCUT2D eigenvalue weighted by Gasteiger charge is -2.29. The van der Waals surface area contributed by atoms with Gasteiger partial charge < -0.3 is 148 Å². The van der Waals surface area contributed by atoms with Crippen LogP contribution in [-0.2, 0) is 104 Å². The van der Waals surface area contributed by atoms with Gasteiger partial charge in [-0.25, -0.2) is 4.79 Å². The van der Waals surface area contributed by atoms with Crippen LogP contribution in [0.5, 0.6) is 0 Å². The van der Waals surface area contributed by atoms with Crippen LogP contribution in [0.3, 0.4) is 0 Å². The minimum atomic E-state index is -1.88. The zero-order valence-corrected chi connectivity index (χ0v) is 84.8. The molecule has 0 fully saturated rings. The highest BCUT2D eigenvalue weighted by Crippen LogP contribution is 2.19. The number of hydrogen-bond acceptors (Lipinski definition) is 27. The van der Waals surface area contributed by atoms with E-state index in [9.17, 15) is 91.4 Å². The molecule has 0 unspecified atom stereocenters. The molecule has 0 heterocycles. The van der Waals surface area contributed by atoms with Crippen LogP contribution in [0.2, 0.25) is 0 Å². The number of aliphatic carboxylic acids is 1. The normalized spacial score (nSPS) is 14.8. The number of amides is 18. The summed E-state index contributed by atoms with van der Waals surface area (Å²) in [4.78, 5) is 268. The van der Waals surface area contributed by atoms with Gasteiger partial charge in [0.2, 0.25) is 106 Å². The predicted octanol–water partition coefficient (Wildman–Crippen LogP) is -3.87. The zero-order valence-electron chi connectivity index (χ0n) is 84.8. The van der Waals surface area contributed by atoms with Gasteiger partial charge in [0.15, 0.2) is 0 Å². The van der Waals surface area contributed by atoms with Crippen LogP contribution in [0.1, 0.15) is 246 Å². The number of hydrogen-bond donors (Lipinski definition) is 27. The van der Waals surface area contributed by atoms with Crippen molar-refractivity contribution in [1.82, 2.24) is 85.1 Å². The lowest BCUT2D eigenvalue weighted by Crippen LogP contribution is -2.61. The predicted molar refractivity (Wildman–Crippen MR) is 539 cm³/mol. The first-order valence-electron chi connectivity index (χ1n) is 50.4. The number of nitrogens with two attached hydrogens (primary N) is 10. The van der Waals surface area contributed by atoms with E-state index in [1.165, 1.54) is 0 Å². The van der Waals surface area contributed by atoms with Crippen molar-refractivity contribution in [3.8, 4) is 0 Å². The maximum Gasteiger partial charge on any atom is 0.326 e. The summed E-state index contributed by atoms with van der Waals surface area (Å²) < 4.78 is 0. The molecule has 17 atom stereocenters. The Labute approximate surface area is 840 Å². The van der Waals surface area contributed by atoms with Gasteiger partial charge in [0, 0.05) is 19.3 Å². The fourth-order valence-electron chi connectivity index (χ4n) is 15.5. The standard InChI is InChI=1S/C97H168N26O20/c1-9-60(7)81(122-90(135)70(41-23-30-50-104)113-84(129)66(37-19-26-46-100)114-91(136)72(51-58(3)4)117-85(130)67(38-20-27-47-101)111-83(128)64(35-17-24-44-98)109-79(126)56-105)95(140)108-57-80(127)110-65(36-18-25-45-99)89(134)123-82(61(8)10-2)96(141)116-69(40-22-29-49-103)86(131)120-75(55-78(107)125)94(139)119-74(54-63-33-15-12-16-34-63)93(138)118-73(53-62-31-13-11-14-32-62)92(137)115-71(42-43-77(106)124)88(133)112-68(39-21-28-48-102)87(132)121-76(97(142)143)52-59(5)6/h11-16,31-34,58-61,64-76,81-82H,9-10,17-30,35-57,98-105H2,1-8H3,(H2,106,124)(H2,107,125)(H,108,140)(H,109,126)(H,110,127)(H,111,128)(H,112,133)(H,113,129)(H,114,136)(H,115,137)(H,116,141)(H,117,130)(H,118,138)(H,119,139)(H,120,131)(H,121,132)(H,122,135)(H,123,134)(H,142,143)/t60-,61-,64-,65-,66-,67-,68-,69-,70-,71-,72-,73-,74-,75-,76-,81-,82-/m0/s1. The highest BCUT2D eigenvalue weighted by molar-refractivity contribution is 6.02. The Balaban J connectivity index is 2.60. The van der Waals surface area contributed by atoms with Gasteiger partial charge in [-0.3, -0.25) is 86.3 Å². The summed E-state index contributed by atoms with van der Waals surface area (Å²) in [6.45, 7) is 14.3. The van der Waals surface area contributed by atoms with E-state index in [0.29, 0.717) is 101 Å². The van der Waals surface area contributed by atoms with E-state index in [4.69, 9.17) is 57.3 Å². The Morgan fingerprint density at radius 2 is 0.524 bits per heavy atom. The van der Waals surface area contributed by atoms with Gasteiger partial charge in [0.1, 0.15) is 90.6 Å². The number of carbonyl (C=O) groups excluding carboxylic acids is 18. The molecule has 0 aliphatic carbocycles. The fourth-order valence-corrected chi connectivity index (χ4v) is 15.5. The van der Waals surface area contributed by atoms with Crippen molar-refractivity contribution >= 4 is 112 Å². The van der Waals surface area contributed by atoms with Crippen LogP contribution < -0.4 is 142 Å². The third-order valence-electron chi connectivity index (χ3n) is 24.1. The third-order valence-corrected chi connectivity index (χ3v) is 24.1. The SMILES string of the molecule is CC[C@H](C)[C@H](NC(=O)[C@H](CCCCN)NC(=O)[C@H](CCCCN)NC(=O)[C@H](CC(C)C)NC(=O)[C@H](CCCCN)NC(=O)[C@H](CCCCN)NC(=O)CN)C(=O)NCC(=O)N[C@@H](CCCCN)C(=O)N[C@H](C(=O)N[C@@H](CCCCN)C(=O)N[C@@H](CC(N)=O)C(=O)N[C@@H](Cc1ccccc1)C(=O)N[C@@H](Cc1ccccc1)C(=O)N[C@@H](CCC(N)=O)C(=O)N[C@@H](CCCCN)C(=O)N[C@@H](CC(C)C)C(=O)O)[C@@H](C)CC. The molecule has 2 aromatic rings. The van der Waals surface area contributed by atoms with E-state index in [1.807, 2.05) is 13.8 Å². The van der Waals surface area contributed by atoms with Crippen molar-refractivity contribution in [2.75, 3.05) is 58.9 Å².